The summed E-state index contributed by atoms with van der Waals surface area (Å²) in [5, 5.41) is 16.6. The highest BCUT2D eigenvalue weighted by Gasteiger charge is 2.28. The topological polar surface area (TPSA) is 359 Å². The first-order chi connectivity index (χ1) is 34.6. The molecule has 3 unspecified atom stereocenters. The van der Waals surface area contributed by atoms with Crippen LogP contribution in [0.1, 0.15) is 99.2 Å². The molecule has 0 fully saturated rings. The fourth-order valence-corrected chi connectivity index (χ4v) is 7.49. The molecule has 22 nitrogen and oxygen atoms in total. The highest BCUT2D eigenvalue weighted by molar-refractivity contribution is 6.07. The molecule has 0 spiro atoms. The molecule has 0 radical (unpaired) electrons. The SMILES string of the molecule is COc1ccc(NC(=O)C(CCCCN)NC(=O)c2cc(NC(=O)C(CCCCN)NC(=O)c3cc(NC(=O)C(CCCCN)NC(=O)c4cc(N)ccc4OC)ccc3OC)ccc2OC)cc1C(N)=O. The van der Waals surface area contributed by atoms with Gasteiger partial charge in [0.2, 0.25) is 17.7 Å². The van der Waals surface area contributed by atoms with Crippen molar-refractivity contribution in [2.24, 2.45) is 22.9 Å². The second kappa shape index (κ2) is 28.6. The Kier molecular flexibility index (Phi) is 22.5. The van der Waals surface area contributed by atoms with Crippen molar-refractivity contribution in [1.82, 2.24) is 16.0 Å². The van der Waals surface area contributed by atoms with Gasteiger partial charge in [0, 0.05) is 22.7 Å². The third-order valence-corrected chi connectivity index (χ3v) is 11.3. The van der Waals surface area contributed by atoms with E-state index >= 15 is 0 Å². The lowest BCUT2D eigenvalue weighted by Gasteiger charge is -2.22. The smallest absolute Gasteiger partial charge is 0.255 e. The fraction of sp³-hybridized carbons (Fsp3) is 0.380. The standard InChI is InChI=1S/C50H67N11O11/c1-69-40-19-15-30(26-33(40)44(55)62)56-48(66)38(12-6-9-23-52)60-46(64)35-28-32(17-21-42(35)71-3)58-50(68)39(13-7-10-24-53)61-47(65)36-27-31(16-20-43(36)72-4)57-49(67)37(11-5-8-22-51)59-45(63)34-25-29(54)14-18-41(34)70-2/h14-21,25-28,37-39H,5-13,22-24,51-54H2,1-4H3,(H2,55,62)(H,56,66)(H,57,67)(H,58,68)(H,59,63)(H,60,64)(H,61,65). The number of hydrogen-bond donors (Lipinski definition) is 11. The zero-order chi connectivity index (χ0) is 52.7. The van der Waals surface area contributed by atoms with Crippen LogP contribution in [0.15, 0.2) is 72.8 Å². The maximum atomic E-state index is 14.1. The van der Waals surface area contributed by atoms with Crippen LogP contribution >= 0.6 is 0 Å². The number of rotatable bonds is 29. The summed E-state index contributed by atoms with van der Waals surface area (Å²) in [6, 6.07) is 14.4. The number of amides is 7. The summed E-state index contributed by atoms with van der Waals surface area (Å²) in [6.07, 6.45) is 3.74. The van der Waals surface area contributed by atoms with Crippen LogP contribution in [0.5, 0.6) is 23.0 Å². The molecule has 22 heteroatoms. The Morgan fingerprint density at radius 3 is 1.03 bits per heavy atom. The maximum Gasteiger partial charge on any atom is 0.255 e. The third-order valence-electron chi connectivity index (χ3n) is 11.3. The van der Waals surface area contributed by atoms with E-state index in [1.807, 2.05) is 0 Å². The quantitative estimate of drug-likeness (QED) is 0.0275. The summed E-state index contributed by atoms with van der Waals surface area (Å²) < 4.78 is 21.5. The molecule has 72 heavy (non-hydrogen) atoms. The van der Waals surface area contributed by atoms with Gasteiger partial charge in [-0.2, -0.15) is 0 Å². The minimum atomic E-state index is -1.14. The summed E-state index contributed by atoms with van der Waals surface area (Å²) in [4.78, 5) is 95.0. The minimum Gasteiger partial charge on any atom is -0.496 e. The van der Waals surface area contributed by atoms with E-state index in [1.54, 1.807) is 12.1 Å². The van der Waals surface area contributed by atoms with Gasteiger partial charge in [-0.15, -0.1) is 0 Å². The van der Waals surface area contributed by atoms with E-state index in [2.05, 4.69) is 31.9 Å². The lowest BCUT2D eigenvalue weighted by Crippen LogP contribution is -2.44. The van der Waals surface area contributed by atoms with E-state index in [1.165, 1.54) is 89.1 Å². The van der Waals surface area contributed by atoms with E-state index in [9.17, 15) is 33.6 Å². The van der Waals surface area contributed by atoms with Crippen LogP contribution in [-0.2, 0) is 14.4 Å². The molecule has 3 atom stereocenters. The van der Waals surface area contributed by atoms with Crippen LogP contribution in [0.4, 0.5) is 22.7 Å². The van der Waals surface area contributed by atoms with Crippen LogP contribution in [-0.4, -0.2) is 108 Å². The van der Waals surface area contributed by atoms with Crippen LogP contribution in [0.25, 0.3) is 0 Å². The molecular weight excluding hydrogens is 931 g/mol. The molecule has 388 valence electrons. The summed E-state index contributed by atoms with van der Waals surface area (Å²) in [5.74, 6) is -3.85. The first-order valence-corrected chi connectivity index (χ1v) is 23.3. The lowest BCUT2D eigenvalue weighted by atomic mass is 10.1. The van der Waals surface area contributed by atoms with Crippen molar-refractivity contribution in [2.75, 3.05) is 69.8 Å². The van der Waals surface area contributed by atoms with Gasteiger partial charge in [-0.25, -0.2) is 0 Å². The van der Waals surface area contributed by atoms with Crippen LogP contribution in [0.3, 0.4) is 0 Å². The van der Waals surface area contributed by atoms with Crippen molar-refractivity contribution >= 4 is 64.1 Å². The summed E-state index contributed by atoms with van der Waals surface area (Å²) in [7, 11) is 5.50. The number of ether oxygens (including phenoxy) is 4. The maximum absolute atomic E-state index is 14.1. The van der Waals surface area contributed by atoms with Crippen molar-refractivity contribution in [1.29, 1.82) is 0 Å². The molecule has 4 rings (SSSR count). The summed E-state index contributed by atoms with van der Waals surface area (Å²) in [6.45, 7) is 1.06. The van der Waals surface area contributed by atoms with Gasteiger partial charge in [0.1, 0.15) is 41.1 Å². The Morgan fingerprint density at radius 1 is 0.431 bits per heavy atom. The highest BCUT2D eigenvalue weighted by Crippen LogP contribution is 2.27. The number of nitrogens with two attached hydrogens (primary N) is 5. The molecule has 0 aliphatic rings. The van der Waals surface area contributed by atoms with Gasteiger partial charge in [0.15, 0.2) is 0 Å². The van der Waals surface area contributed by atoms with E-state index in [-0.39, 0.29) is 81.6 Å². The number of anilines is 4. The largest absolute Gasteiger partial charge is 0.496 e. The number of carbonyl (C=O) groups excluding carboxylic acids is 7. The van der Waals surface area contributed by atoms with Gasteiger partial charge < -0.3 is 79.5 Å². The normalized spacial score (nSPS) is 12.0. The molecule has 4 aromatic rings. The molecule has 0 aliphatic carbocycles. The summed E-state index contributed by atoms with van der Waals surface area (Å²) in [5.41, 5.74) is 29.7. The van der Waals surface area contributed by atoms with Gasteiger partial charge in [0.05, 0.1) is 50.7 Å². The van der Waals surface area contributed by atoms with Crippen LogP contribution in [0, 0.1) is 0 Å². The fourth-order valence-electron chi connectivity index (χ4n) is 7.49. The molecule has 4 aromatic carbocycles. The Labute approximate surface area is 418 Å². The predicted molar refractivity (Wildman–Crippen MR) is 273 cm³/mol. The second-order valence-electron chi connectivity index (χ2n) is 16.5. The Bertz CT molecular complexity index is 2540. The molecule has 0 bridgehead atoms. The molecule has 0 saturated heterocycles. The van der Waals surface area contributed by atoms with Crippen LogP contribution in [0.2, 0.25) is 0 Å². The number of nitrogens with one attached hydrogen (secondary N) is 6. The van der Waals surface area contributed by atoms with Crippen molar-refractivity contribution in [2.45, 2.75) is 75.9 Å². The monoisotopic (exact) mass is 998 g/mol. The number of carbonyl (C=O) groups is 7. The zero-order valence-corrected chi connectivity index (χ0v) is 41.0. The van der Waals surface area contributed by atoms with Crippen molar-refractivity contribution < 1.29 is 52.5 Å². The molecule has 0 aromatic heterocycles. The van der Waals surface area contributed by atoms with Crippen LogP contribution < -0.4 is 79.5 Å². The Hall–Kier alpha value is -7.95. The molecule has 0 aliphatic heterocycles. The van der Waals surface area contributed by atoms with Crippen molar-refractivity contribution in [3.63, 3.8) is 0 Å². The number of methoxy groups -OCH3 is 4. The first kappa shape index (κ1) is 56.6. The predicted octanol–water partition coefficient (Wildman–Crippen LogP) is 3.00. The van der Waals surface area contributed by atoms with E-state index in [0.29, 0.717) is 63.8 Å². The number of unbranched alkanes of at least 4 members (excludes halogenated alkanes) is 3. The number of hydrogen-bond acceptors (Lipinski definition) is 15. The van der Waals surface area contributed by atoms with E-state index in [0.717, 1.165) is 0 Å². The average Bonchev–Trinajstić information content (AvgIpc) is 3.37. The van der Waals surface area contributed by atoms with Gasteiger partial charge in [-0.3, -0.25) is 33.6 Å². The van der Waals surface area contributed by atoms with Gasteiger partial charge in [-0.1, -0.05) is 0 Å². The molecular formula is C50H67N11O11. The summed E-state index contributed by atoms with van der Waals surface area (Å²) >= 11 is 0. The molecule has 16 N–H and O–H groups in total. The average molecular weight is 998 g/mol. The number of primary amides is 1. The third kappa shape index (κ3) is 16.3. The first-order valence-electron chi connectivity index (χ1n) is 23.3. The second-order valence-corrected chi connectivity index (χ2v) is 16.5. The lowest BCUT2D eigenvalue weighted by molar-refractivity contribution is -0.118. The Morgan fingerprint density at radius 2 is 0.722 bits per heavy atom. The Balaban J connectivity index is 1.55. The van der Waals surface area contributed by atoms with Gasteiger partial charge >= 0.3 is 0 Å². The number of benzene rings is 4. The van der Waals surface area contributed by atoms with Crippen molar-refractivity contribution in [3.8, 4) is 23.0 Å². The minimum absolute atomic E-state index is 0.0195. The molecule has 0 saturated carbocycles. The van der Waals surface area contributed by atoms with Crippen molar-refractivity contribution in [3.05, 3.63) is 95.1 Å². The molecule has 0 heterocycles. The number of nitrogen functional groups attached to an aromatic ring is 1. The molecule has 7 amide bonds. The van der Waals surface area contributed by atoms with E-state index < -0.39 is 59.5 Å². The highest BCUT2D eigenvalue weighted by atomic mass is 16.5. The van der Waals surface area contributed by atoms with Gasteiger partial charge in [0.25, 0.3) is 23.6 Å². The zero-order valence-electron chi connectivity index (χ0n) is 41.0. The van der Waals surface area contributed by atoms with Gasteiger partial charge in [-0.05, 0) is 150 Å². The van der Waals surface area contributed by atoms with E-state index in [4.69, 9.17) is 47.6 Å².